The summed E-state index contributed by atoms with van der Waals surface area (Å²) in [7, 11) is 5.85. The summed E-state index contributed by atoms with van der Waals surface area (Å²) >= 11 is 0. The molecule has 0 N–H and O–H groups in total. The number of benzene rings is 2. The number of hydrogen-bond donors (Lipinski definition) is 0. The Hall–Kier alpha value is -1.96. The molecule has 2 rings (SSSR count). The monoisotopic (exact) mass is 269 g/mol. The standard InChI is InChI=1S/C18H23NO/c1-19(2)17-12-10-15(11-13-17)6-4-7-16-8-5-9-18(14-16)20-3/h5,8-14H,4,6-7H2,1-3H3. The SMILES string of the molecule is COc1cccc(CCCc2ccc(N(C)C)cc2)c1. The highest BCUT2D eigenvalue weighted by Crippen LogP contribution is 2.16. The van der Waals surface area contributed by atoms with Crippen LogP contribution >= 0.6 is 0 Å². The van der Waals surface area contributed by atoms with Crippen molar-refractivity contribution in [1.82, 2.24) is 0 Å². The van der Waals surface area contributed by atoms with Crippen LogP contribution in [0.4, 0.5) is 5.69 Å². The Morgan fingerprint density at radius 2 is 1.60 bits per heavy atom. The minimum Gasteiger partial charge on any atom is -0.497 e. The van der Waals surface area contributed by atoms with Crippen LogP contribution in [0.3, 0.4) is 0 Å². The van der Waals surface area contributed by atoms with Crippen LogP contribution in [0, 0.1) is 0 Å². The van der Waals surface area contributed by atoms with Crippen molar-refractivity contribution >= 4 is 5.69 Å². The van der Waals surface area contributed by atoms with E-state index >= 15 is 0 Å². The number of anilines is 1. The molecule has 0 aliphatic carbocycles. The summed E-state index contributed by atoms with van der Waals surface area (Å²) in [5.41, 5.74) is 3.99. The van der Waals surface area contributed by atoms with Gasteiger partial charge in [0, 0.05) is 19.8 Å². The molecule has 0 fully saturated rings. The van der Waals surface area contributed by atoms with Crippen LogP contribution in [-0.4, -0.2) is 21.2 Å². The van der Waals surface area contributed by atoms with Gasteiger partial charge < -0.3 is 9.64 Å². The average molecular weight is 269 g/mol. The molecule has 0 saturated carbocycles. The molecule has 0 atom stereocenters. The minimum atomic E-state index is 0.942. The number of nitrogens with zero attached hydrogens (tertiary/aromatic N) is 1. The topological polar surface area (TPSA) is 12.5 Å². The first-order valence-corrected chi connectivity index (χ1v) is 7.08. The fraction of sp³-hybridized carbons (Fsp3) is 0.333. The summed E-state index contributed by atoms with van der Waals surface area (Å²) in [5, 5.41) is 0. The van der Waals surface area contributed by atoms with Crippen LogP contribution in [0.1, 0.15) is 17.5 Å². The van der Waals surface area contributed by atoms with Gasteiger partial charge in [-0.1, -0.05) is 24.3 Å². The van der Waals surface area contributed by atoms with Gasteiger partial charge in [0.1, 0.15) is 5.75 Å². The average Bonchev–Trinajstić information content (AvgIpc) is 2.48. The third-order valence-corrected chi connectivity index (χ3v) is 3.52. The van der Waals surface area contributed by atoms with Crippen molar-refractivity contribution in [3.8, 4) is 5.75 Å². The Labute approximate surface area is 122 Å². The zero-order valence-corrected chi connectivity index (χ0v) is 12.6. The second-order valence-corrected chi connectivity index (χ2v) is 5.27. The van der Waals surface area contributed by atoms with Gasteiger partial charge >= 0.3 is 0 Å². The largest absolute Gasteiger partial charge is 0.497 e. The molecule has 2 aromatic carbocycles. The predicted molar refractivity (Wildman–Crippen MR) is 85.8 cm³/mol. The highest BCUT2D eigenvalue weighted by Gasteiger charge is 1.99. The van der Waals surface area contributed by atoms with E-state index in [4.69, 9.17) is 4.74 Å². The van der Waals surface area contributed by atoms with Gasteiger partial charge in [-0.3, -0.25) is 0 Å². The molecular formula is C18H23NO. The first-order chi connectivity index (χ1) is 9.69. The fourth-order valence-corrected chi connectivity index (χ4v) is 2.29. The molecule has 0 aromatic heterocycles. The summed E-state index contributed by atoms with van der Waals surface area (Å²) in [4.78, 5) is 2.13. The maximum atomic E-state index is 5.25. The molecule has 0 unspecified atom stereocenters. The molecule has 0 heterocycles. The van der Waals surface area contributed by atoms with E-state index in [1.807, 2.05) is 6.07 Å². The highest BCUT2D eigenvalue weighted by molar-refractivity contribution is 5.46. The van der Waals surface area contributed by atoms with Crippen LogP contribution in [-0.2, 0) is 12.8 Å². The van der Waals surface area contributed by atoms with Gasteiger partial charge in [-0.25, -0.2) is 0 Å². The quantitative estimate of drug-likeness (QED) is 0.787. The second kappa shape index (κ2) is 6.99. The molecule has 0 bridgehead atoms. The van der Waals surface area contributed by atoms with Gasteiger partial charge in [-0.05, 0) is 54.7 Å². The van der Waals surface area contributed by atoms with Gasteiger partial charge in [0.25, 0.3) is 0 Å². The fourth-order valence-electron chi connectivity index (χ4n) is 2.29. The smallest absolute Gasteiger partial charge is 0.119 e. The highest BCUT2D eigenvalue weighted by atomic mass is 16.5. The molecule has 2 heteroatoms. The Bertz CT molecular complexity index is 531. The molecule has 2 aromatic rings. The van der Waals surface area contributed by atoms with Gasteiger partial charge in [-0.15, -0.1) is 0 Å². The lowest BCUT2D eigenvalue weighted by Crippen LogP contribution is -2.08. The van der Waals surface area contributed by atoms with E-state index < -0.39 is 0 Å². The lowest BCUT2D eigenvalue weighted by atomic mass is 10.0. The Morgan fingerprint density at radius 1 is 0.900 bits per heavy atom. The van der Waals surface area contributed by atoms with Crippen LogP contribution in [0.2, 0.25) is 0 Å². The number of ether oxygens (including phenoxy) is 1. The van der Waals surface area contributed by atoms with E-state index in [1.54, 1.807) is 7.11 Å². The van der Waals surface area contributed by atoms with E-state index in [0.717, 1.165) is 25.0 Å². The summed E-state index contributed by atoms with van der Waals surface area (Å²) in [6.45, 7) is 0. The van der Waals surface area contributed by atoms with Gasteiger partial charge in [0.2, 0.25) is 0 Å². The third-order valence-electron chi connectivity index (χ3n) is 3.52. The van der Waals surface area contributed by atoms with E-state index in [1.165, 1.54) is 16.8 Å². The minimum absolute atomic E-state index is 0.942. The predicted octanol–water partition coefficient (Wildman–Crippen LogP) is 3.94. The number of methoxy groups -OCH3 is 1. The van der Waals surface area contributed by atoms with Crippen molar-refractivity contribution in [2.45, 2.75) is 19.3 Å². The van der Waals surface area contributed by atoms with Crippen molar-refractivity contribution in [3.63, 3.8) is 0 Å². The van der Waals surface area contributed by atoms with Gasteiger partial charge in [-0.2, -0.15) is 0 Å². The molecule has 0 radical (unpaired) electrons. The van der Waals surface area contributed by atoms with Crippen LogP contribution in [0.5, 0.6) is 5.75 Å². The van der Waals surface area contributed by atoms with E-state index in [-0.39, 0.29) is 0 Å². The zero-order valence-electron chi connectivity index (χ0n) is 12.6. The molecule has 0 aliphatic heterocycles. The van der Waals surface area contributed by atoms with Crippen LogP contribution in [0.25, 0.3) is 0 Å². The molecule has 106 valence electrons. The van der Waals surface area contributed by atoms with E-state index in [9.17, 15) is 0 Å². The number of rotatable bonds is 6. The second-order valence-electron chi connectivity index (χ2n) is 5.27. The third kappa shape index (κ3) is 4.02. The Kier molecular flexibility index (Phi) is 5.05. The molecular weight excluding hydrogens is 246 g/mol. The summed E-state index contributed by atoms with van der Waals surface area (Å²) in [5.74, 6) is 0.942. The summed E-state index contributed by atoms with van der Waals surface area (Å²) in [6, 6.07) is 17.1. The normalized spacial score (nSPS) is 10.3. The van der Waals surface area contributed by atoms with Crippen molar-refractivity contribution in [1.29, 1.82) is 0 Å². The lowest BCUT2D eigenvalue weighted by molar-refractivity contribution is 0.414. The first kappa shape index (κ1) is 14.4. The molecule has 20 heavy (non-hydrogen) atoms. The van der Waals surface area contributed by atoms with Crippen LogP contribution in [0.15, 0.2) is 48.5 Å². The molecule has 0 aliphatic rings. The Morgan fingerprint density at radius 3 is 2.25 bits per heavy atom. The summed E-state index contributed by atoms with van der Waals surface area (Å²) in [6.07, 6.45) is 3.37. The van der Waals surface area contributed by atoms with Crippen molar-refractivity contribution in [2.24, 2.45) is 0 Å². The maximum absolute atomic E-state index is 5.25. The molecule has 0 amide bonds. The van der Waals surface area contributed by atoms with Crippen molar-refractivity contribution in [3.05, 3.63) is 59.7 Å². The lowest BCUT2D eigenvalue weighted by Gasteiger charge is -2.12. The maximum Gasteiger partial charge on any atom is 0.119 e. The van der Waals surface area contributed by atoms with E-state index in [2.05, 4.69) is 61.5 Å². The van der Waals surface area contributed by atoms with Crippen LogP contribution < -0.4 is 9.64 Å². The number of aryl methyl sites for hydroxylation is 2. The van der Waals surface area contributed by atoms with E-state index in [0.29, 0.717) is 0 Å². The number of hydrogen-bond acceptors (Lipinski definition) is 2. The van der Waals surface area contributed by atoms with Gasteiger partial charge in [0.15, 0.2) is 0 Å². The zero-order chi connectivity index (χ0) is 14.4. The molecule has 0 saturated heterocycles. The van der Waals surface area contributed by atoms with Crippen molar-refractivity contribution < 1.29 is 4.74 Å². The summed E-state index contributed by atoms with van der Waals surface area (Å²) < 4.78 is 5.25. The first-order valence-electron chi connectivity index (χ1n) is 7.08. The van der Waals surface area contributed by atoms with Crippen molar-refractivity contribution in [2.75, 3.05) is 26.1 Å². The molecule has 2 nitrogen and oxygen atoms in total. The molecule has 0 spiro atoms. The van der Waals surface area contributed by atoms with Gasteiger partial charge in [0.05, 0.1) is 7.11 Å². The Balaban J connectivity index is 1.86.